The van der Waals surface area contributed by atoms with Crippen LogP contribution in [-0.4, -0.2) is 74.2 Å². The van der Waals surface area contributed by atoms with Crippen LogP contribution < -0.4 is 15.2 Å². The summed E-state index contributed by atoms with van der Waals surface area (Å²) in [7, 11) is 0. The summed E-state index contributed by atoms with van der Waals surface area (Å²) in [5.74, 6) is 1.29. The zero-order valence-electron chi connectivity index (χ0n) is 21.4. The third kappa shape index (κ3) is 4.44. The number of carbonyl (C=O) groups is 2. The van der Waals surface area contributed by atoms with E-state index in [1.807, 2.05) is 30.3 Å². The minimum atomic E-state index is -1.04. The number of aliphatic hydroxyl groups excluding tert-OH is 1. The Balaban J connectivity index is 1.31. The first kappa shape index (κ1) is 24.8. The number of nitrogens with zero attached hydrogens (tertiary/aromatic N) is 5. The van der Waals surface area contributed by atoms with Crippen molar-refractivity contribution in [2.24, 2.45) is 0 Å². The van der Waals surface area contributed by atoms with E-state index in [0.29, 0.717) is 61.8 Å². The van der Waals surface area contributed by atoms with Crippen molar-refractivity contribution in [3.63, 3.8) is 0 Å². The van der Waals surface area contributed by atoms with Crippen LogP contribution in [0.2, 0.25) is 0 Å². The second-order valence-corrected chi connectivity index (χ2v) is 9.77. The number of hydrogen-bond acceptors (Lipinski definition) is 9. The van der Waals surface area contributed by atoms with Crippen molar-refractivity contribution >= 4 is 23.7 Å². The van der Waals surface area contributed by atoms with E-state index in [1.54, 1.807) is 17.3 Å². The SMILES string of the molecule is C[C@@H](O)C(=O)N1CCC(c2nc3c(-c4ccc(-c5ccc6c(c5)OCCO6)nc4)cnn3c(N)c2C=O)CC1. The number of aromatic nitrogens is 4. The molecule has 0 unspecified atom stereocenters. The van der Waals surface area contributed by atoms with Gasteiger partial charge in [0.2, 0.25) is 0 Å². The Labute approximate surface area is 224 Å². The van der Waals surface area contributed by atoms with Crippen molar-refractivity contribution in [1.29, 1.82) is 0 Å². The maximum atomic E-state index is 12.2. The molecule has 200 valence electrons. The molecule has 2 aliphatic heterocycles. The average Bonchev–Trinajstić information content (AvgIpc) is 3.41. The number of nitrogen functional groups attached to an aromatic ring is 1. The van der Waals surface area contributed by atoms with Gasteiger partial charge in [-0.2, -0.15) is 9.61 Å². The van der Waals surface area contributed by atoms with Crippen LogP contribution in [-0.2, 0) is 4.79 Å². The van der Waals surface area contributed by atoms with E-state index in [2.05, 4.69) is 10.1 Å². The van der Waals surface area contributed by atoms with Gasteiger partial charge in [-0.3, -0.25) is 14.6 Å². The number of benzene rings is 1. The average molecular weight is 529 g/mol. The first-order valence-electron chi connectivity index (χ1n) is 12.9. The van der Waals surface area contributed by atoms with Crippen molar-refractivity contribution in [2.45, 2.75) is 31.8 Å². The molecule has 1 amide bonds. The Morgan fingerprint density at radius 3 is 2.54 bits per heavy atom. The smallest absolute Gasteiger partial charge is 0.251 e. The number of ether oxygens (including phenoxy) is 2. The molecule has 0 radical (unpaired) electrons. The van der Waals surface area contributed by atoms with E-state index in [4.69, 9.17) is 20.2 Å². The van der Waals surface area contributed by atoms with Crippen LogP contribution in [0.1, 0.15) is 41.7 Å². The fourth-order valence-corrected chi connectivity index (χ4v) is 5.25. The molecule has 5 heterocycles. The molecule has 0 spiro atoms. The zero-order chi connectivity index (χ0) is 27.1. The monoisotopic (exact) mass is 528 g/mol. The van der Waals surface area contributed by atoms with Crippen molar-refractivity contribution in [1.82, 2.24) is 24.5 Å². The molecular formula is C28H28N6O5. The maximum Gasteiger partial charge on any atom is 0.251 e. The number of aldehydes is 1. The molecule has 0 bridgehead atoms. The quantitative estimate of drug-likeness (QED) is 0.373. The van der Waals surface area contributed by atoms with E-state index >= 15 is 0 Å². The highest BCUT2D eigenvalue weighted by molar-refractivity contribution is 5.87. The van der Waals surface area contributed by atoms with Gasteiger partial charge in [0, 0.05) is 41.9 Å². The molecule has 3 aromatic heterocycles. The minimum absolute atomic E-state index is 0.0611. The molecule has 6 rings (SSSR count). The highest BCUT2D eigenvalue weighted by Gasteiger charge is 2.30. The Morgan fingerprint density at radius 1 is 1.10 bits per heavy atom. The molecule has 1 atom stereocenters. The van der Waals surface area contributed by atoms with Crippen LogP contribution in [0.5, 0.6) is 11.5 Å². The zero-order valence-corrected chi connectivity index (χ0v) is 21.4. The van der Waals surface area contributed by atoms with E-state index in [9.17, 15) is 14.7 Å². The van der Waals surface area contributed by atoms with Gasteiger partial charge >= 0.3 is 0 Å². The third-order valence-corrected chi connectivity index (χ3v) is 7.33. The summed E-state index contributed by atoms with van der Waals surface area (Å²) in [5, 5.41) is 14.0. The number of piperidine rings is 1. The van der Waals surface area contributed by atoms with E-state index in [-0.39, 0.29) is 17.6 Å². The van der Waals surface area contributed by atoms with Gasteiger partial charge in [0.05, 0.1) is 23.1 Å². The number of aliphatic hydroxyl groups is 1. The number of carbonyl (C=O) groups excluding carboxylic acids is 2. The standard InChI is InChI=1S/C28H28N6O5/c1-16(36)28(37)33-8-6-17(7-9-33)25-21(15-35)26(29)34-27(32-25)20(14-31-34)19-2-4-22(30-13-19)18-3-5-23-24(12-18)39-11-10-38-23/h2-5,12-17,36H,6-11,29H2,1H3/t16-/m1/s1. The lowest BCUT2D eigenvalue weighted by molar-refractivity contribution is -0.140. The number of rotatable bonds is 5. The first-order valence-corrected chi connectivity index (χ1v) is 12.9. The Hall–Kier alpha value is -4.51. The topological polar surface area (TPSA) is 145 Å². The molecule has 11 heteroatoms. The molecule has 39 heavy (non-hydrogen) atoms. The van der Waals surface area contributed by atoms with E-state index in [0.717, 1.165) is 34.4 Å². The largest absolute Gasteiger partial charge is 0.486 e. The van der Waals surface area contributed by atoms with Crippen LogP contribution in [0.3, 0.4) is 0 Å². The number of likely N-dealkylation sites (tertiary alicyclic amines) is 1. The summed E-state index contributed by atoms with van der Waals surface area (Å²) < 4.78 is 12.8. The summed E-state index contributed by atoms with van der Waals surface area (Å²) >= 11 is 0. The number of pyridine rings is 1. The molecule has 2 aliphatic rings. The van der Waals surface area contributed by atoms with Gasteiger partial charge in [0.25, 0.3) is 5.91 Å². The number of amides is 1. The Kier molecular flexibility index (Phi) is 6.35. The molecule has 0 saturated carbocycles. The van der Waals surface area contributed by atoms with Gasteiger partial charge in [0.1, 0.15) is 25.1 Å². The fourth-order valence-electron chi connectivity index (χ4n) is 5.25. The predicted octanol–water partition coefficient (Wildman–Crippen LogP) is 2.71. The number of anilines is 1. The highest BCUT2D eigenvalue weighted by Crippen LogP contribution is 2.36. The summed E-state index contributed by atoms with van der Waals surface area (Å²) in [4.78, 5) is 35.4. The van der Waals surface area contributed by atoms with Crippen molar-refractivity contribution in [3.8, 4) is 33.9 Å². The van der Waals surface area contributed by atoms with Gasteiger partial charge in [-0.15, -0.1) is 0 Å². The molecule has 11 nitrogen and oxygen atoms in total. The van der Waals surface area contributed by atoms with Crippen molar-refractivity contribution in [2.75, 3.05) is 32.0 Å². The summed E-state index contributed by atoms with van der Waals surface area (Å²) in [6, 6.07) is 9.61. The van der Waals surface area contributed by atoms with Gasteiger partial charge in [-0.25, -0.2) is 4.98 Å². The Bertz CT molecular complexity index is 1560. The van der Waals surface area contributed by atoms with Gasteiger partial charge in [-0.1, -0.05) is 6.07 Å². The maximum absolute atomic E-state index is 12.2. The van der Waals surface area contributed by atoms with Gasteiger partial charge in [-0.05, 0) is 44.0 Å². The molecule has 3 N–H and O–H groups in total. The van der Waals surface area contributed by atoms with E-state index < -0.39 is 6.10 Å². The summed E-state index contributed by atoms with van der Waals surface area (Å²) in [5.41, 5.74) is 11.1. The second-order valence-electron chi connectivity index (χ2n) is 9.77. The second kappa shape index (κ2) is 9.99. The van der Waals surface area contributed by atoms with Crippen LogP contribution in [0.15, 0.2) is 42.7 Å². The third-order valence-electron chi connectivity index (χ3n) is 7.33. The van der Waals surface area contributed by atoms with Gasteiger partial charge in [0.15, 0.2) is 23.4 Å². The molecule has 0 aliphatic carbocycles. The molecule has 4 aromatic rings. The van der Waals surface area contributed by atoms with Crippen LogP contribution in [0.25, 0.3) is 28.0 Å². The number of hydrogen-bond donors (Lipinski definition) is 2. The summed E-state index contributed by atoms with van der Waals surface area (Å²) in [6.45, 7) is 3.46. The van der Waals surface area contributed by atoms with E-state index in [1.165, 1.54) is 11.4 Å². The number of nitrogens with two attached hydrogens (primary N) is 1. The molecular weight excluding hydrogens is 500 g/mol. The van der Waals surface area contributed by atoms with Crippen LogP contribution in [0, 0.1) is 0 Å². The molecule has 1 saturated heterocycles. The lowest BCUT2D eigenvalue weighted by Gasteiger charge is -2.33. The van der Waals surface area contributed by atoms with Crippen LogP contribution >= 0.6 is 0 Å². The normalized spacial score (nSPS) is 16.3. The fraction of sp³-hybridized carbons (Fsp3) is 0.321. The van der Waals surface area contributed by atoms with Gasteiger partial charge < -0.3 is 25.2 Å². The first-order chi connectivity index (χ1) is 18.9. The van der Waals surface area contributed by atoms with Crippen molar-refractivity contribution in [3.05, 3.63) is 54.0 Å². The minimum Gasteiger partial charge on any atom is -0.486 e. The lowest BCUT2D eigenvalue weighted by Crippen LogP contribution is -2.42. The number of fused-ring (bicyclic) bond motifs is 2. The molecule has 1 aromatic carbocycles. The Morgan fingerprint density at radius 2 is 1.85 bits per heavy atom. The lowest BCUT2D eigenvalue weighted by atomic mass is 9.90. The van der Waals surface area contributed by atoms with Crippen molar-refractivity contribution < 1.29 is 24.2 Å². The highest BCUT2D eigenvalue weighted by atomic mass is 16.6. The molecule has 1 fully saturated rings. The predicted molar refractivity (Wildman–Crippen MR) is 143 cm³/mol. The summed E-state index contributed by atoms with van der Waals surface area (Å²) in [6.07, 6.45) is 4.32. The van der Waals surface area contributed by atoms with Crippen LogP contribution in [0.4, 0.5) is 5.82 Å².